The van der Waals surface area contributed by atoms with Crippen molar-refractivity contribution in [3.05, 3.63) is 0 Å². The van der Waals surface area contributed by atoms with E-state index in [1.165, 1.54) is 0 Å². The number of carbonyl (C=O) groups is 1. The van der Waals surface area contributed by atoms with Gasteiger partial charge in [-0.15, -0.1) is 24.8 Å². The largest absolute Gasteiger partial charge is 0.355 e. The van der Waals surface area contributed by atoms with Gasteiger partial charge in [0.25, 0.3) is 0 Å². The molecule has 0 aromatic rings. The highest BCUT2D eigenvalue weighted by molar-refractivity contribution is 5.85. The molecule has 0 spiro atoms. The molecule has 4 nitrogen and oxygen atoms in total. The molecule has 0 saturated carbocycles. The van der Waals surface area contributed by atoms with Crippen molar-refractivity contribution in [1.29, 1.82) is 0 Å². The van der Waals surface area contributed by atoms with Gasteiger partial charge in [-0.25, -0.2) is 0 Å². The number of hydrogen-bond acceptors (Lipinski definition) is 3. The Kier molecular flexibility index (Phi) is 13.9. The van der Waals surface area contributed by atoms with Crippen molar-refractivity contribution in [2.75, 3.05) is 40.8 Å². The van der Waals surface area contributed by atoms with Gasteiger partial charge in [-0.05, 0) is 26.6 Å². The molecular weight excluding hydrogens is 273 g/mol. The highest BCUT2D eigenvalue weighted by Crippen LogP contribution is 2.14. The number of hydrogen-bond donors (Lipinski definition) is 2. The molecule has 0 aromatic heterocycles. The second-order valence-electron chi connectivity index (χ2n) is 5.58. The van der Waals surface area contributed by atoms with Crippen LogP contribution in [0.25, 0.3) is 0 Å². The smallest absolute Gasteiger partial charge is 0.224 e. The van der Waals surface area contributed by atoms with Gasteiger partial charge in [0.2, 0.25) is 5.91 Å². The van der Waals surface area contributed by atoms with Gasteiger partial charge in [0.15, 0.2) is 0 Å². The fraction of sp³-hybridized carbons (Fsp3) is 0.917. The molecule has 1 unspecified atom stereocenters. The van der Waals surface area contributed by atoms with Crippen LogP contribution in [-0.2, 0) is 4.79 Å². The van der Waals surface area contributed by atoms with Crippen molar-refractivity contribution in [2.45, 2.75) is 20.8 Å². The number of nitrogens with zero attached hydrogens (tertiary/aromatic N) is 1. The summed E-state index contributed by atoms with van der Waals surface area (Å²) >= 11 is 0. The molecule has 0 aliphatic heterocycles. The van der Waals surface area contributed by atoms with Gasteiger partial charge in [0.1, 0.15) is 0 Å². The predicted octanol–water partition coefficient (Wildman–Crippen LogP) is 1.39. The van der Waals surface area contributed by atoms with Crippen LogP contribution in [0.4, 0.5) is 0 Å². The maximum Gasteiger partial charge on any atom is 0.224 e. The van der Waals surface area contributed by atoms with E-state index in [9.17, 15) is 4.79 Å². The molecule has 6 heteroatoms. The first-order chi connectivity index (χ1) is 7.28. The van der Waals surface area contributed by atoms with Crippen LogP contribution in [0.1, 0.15) is 20.8 Å². The first-order valence-electron chi connectivity index (χ1n) is 5.85. The third kappa shape index (κ3) is 11.1. The summed E-state index contributed by atoms with van der Waals surface area (Å²) in [5.41, 5.74) is 0.110. The van der Waals surface area contributed by atoms with Gasteiger partial charge in [-0.1, -0.05) is 20.8 Å². The fourth-order valence-corrected chi connectivity index (χ4v) is 1.81. The molecule has 1 amide bonds. The Bertz CT molecular complexity index is 223. The third-order valence-corrected chi connectivity index (χ3v) is 2.44. The van der Waals surface area contributed by atoms with Crippen LogP contribution in [0, 0.1) is 11.3 Å². The molecule has 112 valence electrons. The van der Waals surface area contributed by atoms with Gasteiger partial charge in [0, 0.05) is 25.6 Å². The third-order valence-electron chi connectivity index (χ3n) is 2.44. The second-order valence-corrected chi connectivity index (χ2v) is 5.58. The van der Waals surface area contributed by atoms with E-state index in [0.29, 0.717) is 0 Å². The Morgan fingerprint density at radius 2 is 1.78 bits per heavy atom. The van der Waals surface area contributed by atoms with Crippen molar-refractivity contribution in [3.8, 4) is 0 Å². The molecule has 0 rings (SSSR count). The van der Waals surface area contributed by atoms with Crippen molar-refractivity contribution in [1.82, 2.24) is 15.5 Å². The molecule has 0 fully saturated rings. The molecule has 0 bridgehead atoms. The minimum absolute atomic E-state index is 0. The first-order valence-corrected chi connectivity index (χ1v) is 5.85. The fourth-order valence-electron chi connectivity index (χ4n) is 1.81. The Morgan fingerprint density at radius 3 is 2.17 bits per heavy atom. The van der Waals surface area contributed by atoms with Crippen LogP contribution in [0.15, 0.2) is 0 Å². The number of rotatable bonds is 7. The van der Waals surface area contributed by atoms with Gasteiger partial charge in [-0.3, -0.25) is 4.79 Å². The lowest BCUT2D eigenvalue weighted by Gasteiger charge is -2.29. The van der Waals surface area contributed by atoms with Crippen molar-refractivity contribution < 1.29 is 4.79 Å². The summed E-state index contributed by atoms with van der Waals surface area (Å²) in [5, 5.41) is 6.02. The van der Waals surface area contributed by atoms with E-state index in [1.807, 2.05) is 28.1 Å². The van der Waals surface area contributed by atoms with Crippen LogP contribution < -0.4 is 10.6 Å². The van der Waals surface area contributed by atoms with Crippen LogP contribution in [0.5, 0.6) is 0 Å². The summed E-state index contributed by atoms with van der Waals surface area (Å²) in [6, 6.07) is 0. The van der Waals surface area contributed by atoms with E-state index in [1.54, 1.807) is 0 Å². The monoisotopic (exact) mass is 301 g/mol. The predicted molar refractivity (Wildman–Crippen MR) is 82.9 cm³/mol. The second kappa shape index (κ2) is 10.9. The Hall–Kier alpha value is -0.0300. The summed E-state index contributed by atoms with van der Waals surface area (Å²) in [5.74, 6) is 0.154. The number of nitrogens with one attached hydrogen (secondary N) is 2. The van der Waals surface area contributed by atoms with Crippen LogP contribution in [0.3, 0.4) is 0 Å². The lowest BCUT2D eigenvalue weighted by molar-refractivity contribution is -0.124. The molecule has 2 N–H and O–H groups in total. The molecule has 0 aromatic carbocycles. The summed E-state index contributed by atoms with van der Waals surface area (Å²) in [4.78, 5) is 13.8. The zero-order valence-electron chi connectivity index (χ0n) is 12.4. The molecule has 0 aliphatic rings. The van der Waals surface area contributed by atoms with E-state index < -0.39 is 0 Å². The zero-order chi connectivity index (χ0) is 12.8. The highest BCUT2D eigenvalue weighted by Gasteiger charge is 2.21. The van der Waals surface area contributed by atoms with Crippen LogP contribution in [-0.4, -0.2) is 51.6 Å². The summed E-state index contributed by atoms with van der Waals surface area (Å²) in [6.45, 7) is 8.67. The number of carbonyl (C=O) groups excluding carboxylic acids is 1. The molecule has 1 atom stereocenters. The lowest BCUT2D eigenvalue weighted by atomic mass is 9.92. The first kappa shape index (κ1) is 23.1. The van der Waals surface area contributed by atoms with E-state index in [0.717, 1.165) is 19.6 Å². The normalized spacial score (nSPS) is 12.4. The molecule has 0 saturated heterocycles. The van der Waals surface area contributed by atoms with Gasteiger partial charge in [0.05, 0.1) is 0 Å². The maximum atomic E-state index is 11.7. The molecule has 0 heterocycles. The van der Waals surface area contributed by atoms with Crippen molar-refractivity contribution >= 4 is 30.7 Å². The molecule has 0 radical (unpaired) electrons. The average Bonchev–Trinajstić information content (AvgIpc) is 2.12. The molecule has 18 heavy (non-hydrogen) atoms. The van der Waals surface area contributed by atoms with E-state index in [2.05, 4.69) is 29.4 Å². The zero-order valence-corrected chi connectivity index (χ0v) is 14.0. The lowest BCUT2D eigenvalue weighted by Crippen LogP contribution is -2.42. The summed E-state index contributed by atoms with van der Waals surface area (Å²) in [6.07, 6.45) is 0. The maximum absolute atomic E-state index is 11.7. The number of halogens is 2. The number of amides is 1. The topological polar surface area (TPSA) is 44.4 Å². The summed E-state index contributed by atoms with van der Waals surface area (Å²) < 4.78 is 0. The van der Waals surface area contributed by atoms with Crippen molar-refractivity contribution in [2.24, 2.45) is 11.3 Å². The Labute approximate surface area is 124 Å². The standard InChI is InChI=1S/C12H27N3O.2ClH/c1-10(7-13-4)11(16)14-8-12(2,3)9-15(5)6;;/h10,13H,7-9H2,1-6H3,(H,14,16);2*1H. The Balaban J connectivity index is -0.00000112. The quantitative estimate of drug-likeness (QED) is 0.747. The van der Waals surface area contributed by atoms with E-state index in [-0.39, 0.29) is 42.1 Å². The van der Waals surface area contributed by atoms with Crippen LogP contribution >= 0.6 is 24.8 Å². The van der Waals surface area contributed by atoms with E-state index >= 15 is 0 Å². The van der Waals surface area contributed by atoms with Crippen LogP contribution in [0.2, 0.25) is 0 Å². The molecule has 0 aliphatic carbocycles. The van der Waals surface area contributed by atoms with Crippen molar-refractivity contribution in [3.63, 3.8) is 0 Å². The highest BCUT2D eigenvalue weighted by atomic mass is 35.5. The van der Waals surface area contributed by atoms with Gasteiger partial charge >= 0.3 is 0 Å². The average molecular weight is 302 g/mol. The minimum atomic E-state index is 0. The SMILES string of the molecule is CNCC(C)C(=O)NCC(C)(C)CN(C)C.Cl.Cl. The minimum Gasteiger partial charge on any atom is -0.355 e. The Morgan fingerprint density at radius 1 is 1.28 bits per heavy atom. The summed E-state index contributed by atoms with van der Waals surface area (Å²) in [7, 11) is 5.96. The molecular formula is C12H29Cl2N3O. The van der Waals surface area contributed by atoms with Gasteiger partial charge < -0.3 is 15.5 Å². The van der Waals surface area contributed by atoms with E-state index in [4.69, 9.17) is 0 Å². The van der Waals surface area contributed by atoms with Gasteiger partial charge in [-0.2, -0.15) is 0 Å².